The van der Waals surface area contributed by atoms with Crippen LogP contribution in [0, 0.1) is 0 Å². The number of hydrogen-bond donors (Lipinski definition) is 1. The maximum atomic E-state index is 13.1. The molecule has 1 aromatic rings. The van der Waals surface area contributed by atoms with Crippen LogP contribution < -0.4 is 5.32 Å². The van der Waals surface area contributed by atoms with Gasteiger partial charge in [0.25, 0.3) is 5.91 Å². The van der Waals surface area contributed by atoms with Crippen LogP contribution in [0.15, 0.2) is 24.3 Å². The van der Waals surface area contributed by atoms with Gasteiger partial charge in [-0.25, -0.2) is 0 Å². The van der Waals surface area contributed by atoms with Gasteiger partial charge in [0.05, 0.1) is 13.2 Å². The number of piperazine rings is 1. The molecular formula is C18H25N3O3. The van der Waals surface area contributed by atoms with E-state index in [2.05, 4.69) is 5.32 Å². The number of carbonyl (C=O) groups excluding carboxylic acids is 2. The fourth-order valence-corrected chi connectivity index (χ4v) is 3.35. The van der Waals surface area contributed by atoms with Crippen molar-refractivity contribution in [1.29, 1.82) is 0 Å². The van der Waals surface area contributed by atoms with Crippen molar-refractivity contribution in [1.82, 2.24) is 15.1 Å². The minimum absolute atomic E-state index is 0.0211. The lowest BCUT2D eigenvalue weighted by Gasteiger charge is -2.39. The van der Waals surface area contributed by atoms with Crippen LogP contribution in [0.2, 0.25) is 0 Å². The maximum Gasteiger partial charge on any atom is 0.254 e. The first-order valence-corrected chi connectivity index (χ1v) is 8.68. The van der Waals surface area contributed by atoms with E-state index in [4.69, 9.17) is 4.74 Å². The van der Waals surface area contributed by atoms with Crippen molar-refractivity contribution in [2.75, 3.05) is 45.9 Å². The van der Waals surface area contributed by atoms with E-state index in [9.17, 15) is 9.59 Å². The predicted octanol–water partition coefficient (Wildman–Crippen LogP) is 0.522. The minimum atomic E-state index is -0.436. The van der Waals surface area contributed by atoms with Crippen LogP contribution in [0.1, 0.15) is 22.8 Å². The number of morpholine rings is 1. The van der Waals surface area contributed by atoms with E-state index in [-0.39, 0.29) is 11.8 Å². The molecule has 0 aromatic heterocycles. The smallest absolute Gasteiger partial charge is 0.254 e. The molecule has 1 aromatic carbocycles. The molecule has 2 saturated heterocycles. The third-order valence-electron chi connectivity index (χ3n) is 4.74. The molecule has 24 heavy (non-hydrogen) atoms. The lowest BCUT2D eigenvalue weighted by Crippen LogP contribution is -2.61. The first kappa shape index (κ1) is 16.9. The summed E-state index contributed by atoms with van der Waals surface area (Å²) in [6, 6.07) is 7.24. The van der Waals surface area contributed by atoms with Gasteiger partial charge in [-0.2, -0.15) is 0 Å². The number of ether oxygens (including phenoxy) is 1. The first-order chi connectivity index (χ1) is 11.7. The van der Waals surface area contributed by atoms with Crippen molar-refractivity contribution in [2.45, 2.75) is 19.4 Å². The summed E-state index contributed by atoms with van der Waals surface area (Å²) in [6.07, 6.45) is 0.802. The Kier molecular flexibility index (Phi) is 5.48. The number of rotatable bonds is 3. The van der Waals surface area contributed by atoms with E-state index in [1.807, 2.05) is 36.1 Å². The van der Waals surface area contributed by atoms with Gasteiger partial charge in [0.1, 0.15) is 6.04 Å². The Balaban J connectivity index is 1.81. The minimum Gasteiger partial charge on any atom is -0.378 e. The lowest BCUT2D eigenvalue weighted by atomic mass is 10.0. The van der Waals surface area contributed by atoms with Crippen LogP contribution in [0.5, 0.6) is 0 Å². The van der Waals surface area contributed by atoms with Crippen molar-refractivity contribution >= 4 is 11.8 Å². The molecule has 6 heteroatoms. The van der Waals surface area contributed by atoms with E-state index < -0.39 is 6.04 Å². The van der Waals surface area contributed by atoms with Gasteiger partial charge < -0.3 is 19.9 Å². The summed E-state index contributed by atoms with van der Waals surface area (Å²) in [4.78, 5) is 29.5. The average molecular weight is 331 g/mol. The topological polar surface area (TPSA) is 61.9 Å². The van der Waals surface area contributed by atoms with Crippen LogP contribution in [0.4, 0.5) is 0 Å². The monoisotopic (exact) mass is 331 g/mol. The number of hydrogen-bond acceptors (Lipinski definition) is 4. The second-order valence-corrected chi connectivity index (χ2v) is 6.17. The van der Waals surface area contributed by atoms with Crippen LogP contribution in [-0.2, 0) is 16.0 Å². The maximum absolute atomic E-state index is 13.1. The predicted molar refractivity (Wildman–Crippen MR) is 90.9 cm³/mol. The zero-order valence-corrected chi connectivity index (χ0v) is 14.2. The standard InChI is InChI=1S/C18H25N3O3/c1-2-14-5-3-4-6-15(14)17(22)21-8-7-19-13-16(21)18(23)20-9-11-24-12-10-20/h3-6,16,19H,2,7-13H2,1H3/t16-/m1/s1. The molecule has 130 valence electrons. The number of carbonyl (C=O) groups is 2. The van der Waals surface area contributed by atoms with Crippen LogP contribution in [0.3, 0.4) is 0 Å². The molecule has 2 heterocycles. The molecule has 2 aliphatic rings. The van der Waals surface area contributed by atoms with E-state index in [0.717, 1.165) is 12.0 Å². The summed E-state index contributed by atoms with van der Waals surface area (Å²) in [5.74, 6) is -0.0200. The van der Waals surface area contributed by atoms with E-state index in [1.165, 1.54) is 0 Å². The fraction of sp³-hybridized carbons (Fsp3) is 0.556. The van der Waals surface area contributed by atoms with Crippen LogP contribution in [-0.4, -0.2) is 73.6 Å². The van der Waals surface area contributed by atoms with E-state index >= 15 is 0 Å². The van der Waals surface area contributed by atoms with Crippen molar-refractivity contribution in [3.63, 3.8) is 0 Å². The Morgan fingerprint density at radius 1 is 1.21 bits per heavy atom. The summed E-state index contributed by atoms with van der Waals surface area (Å²) < 4.78 is 5.32. The van der Waals surface area contributed by atoms with Gasteiger partial charge >= 0.3 is 0 Å². The van der Waals surface area contributed by atoms with Crippen molar-refractivity contribution < 1.29 is 14.3 Å². The summed E-state index contributed by atoms with van der Waals surface area (Å²) in [5.41, 5.74) is 1.74. The van der Waals surface area contributed by atoms with Crippen molar-refractivity contribution in [3.8, 4) is 0 Å². The SMILES string of the molecule is CCc1ccccc1C(=O)N1CCNC[C@@H]1C(=O)N1CCOCC1. The molecule has 0 aliphatic carbocycles. The Hall–Kier alpha value is -1.92. The van der Waals surface area contributed by atoms with E-state index in [0.29, 0.717) is 51.5 Å². The second kappa shape index (κ2) is 7.77. The summed E-state index contributed by atoms with van der Waals surface area (Å²) in [5, 5.41) is 3.25. The zero-order valence-electron chi connectivity index (χ0n) is 14.2. The first-order valence-electron chi connectivity index (χ1n) is 8.68. The molecule has 0 bridgehead atoms. The number of nitrogens with one attached hydrogen (secondary N) is 1. The molecule has 2 aliphatic heterocycles. The molecule has 1 atom stereocenters. The summed E-state index contributed by atoms with van der Waals surface area (Å²) >= 11 is 0. The number of aryl methyl sites for hydroxylation is 1. The highest BCUT2D eigenvalue weighted by molar-refractivity contribution is 5.99. The van der Waals surface area contributed by atoms with Gasteiger partial charge in [-0.15, -0.1) is 0 Å². The fourth-order valence-electron chi connectivity index (χ4n) is 3.35. The third kappa shape index (κ3) is 3.44. The highest BCUT2D eigenvalue weighted by atomic mass is 16.5. The number of benzene rings is 1. The molecule has 1 N–H and O–H groups in total. The molecule has 0 spiro atoms. The molecule has 0 saturated carbocycles. The van der Waals surface area contributed by atoms with Gasteiger partial charge in [0.15, 0.2) is 0 Å². The quantitative estimate of drug-likeness (QED) is 0.877. The summed E-state index contributed by atoms with van der Waals surface area (Å²) in [6.45, 7) is 6.16. The average Bonchev–Trinajstić information content (AvgIpc) is 2.67. The van der Waals surface area contributed by atoms with Gasteiger partial charge in [-0.3, -0.25) is 9.59 Å². The Morgan fingerprint density at radius 2 is 1.96 bits per heavy atom. The Bertz CT molecular complexity index is 599. The Labute approximate surface area is 142 Å². The van der Waals surface area contributed by atoms with Gasteiger partial charge in [-0.05, 0) is 18.1 Å². The van der Waals surface area contributed by atoms with Gasteiger partial charge in [-0.1, -0.05) is 25.1 Å². The van der Waals surface area contributed by atoms with Crippen molar-refractivity contribution in [3.05, 3.63) is 35.4 Å². The molecule has 2 fully saturated rings. The van der Waals surface area contributed by atoms with Crippen molar-refractivity contribution in [2.24, 2.45) is 0 Å². The molecule has 6 nitrogen and oxygen atoms in total. The number of nitrogens with zero attached hydrogens (tertiary/aromatic N) is 2. The highest BCUT2D eigenvalue weighted by Gasteiger charge is 2.36. The molecule has 3 rings (SSSR count). The normalized spacial score (nSPS) is 21.6. The second-order valence-electron chi connectivity index (χ2n) is 6.17. The highest BCUT2D eigenvalue weighted by Crippen LogP contribution is 2.17. The lowest BCUT2D eigenvalue weighted by molar-refractivity contribution is -0.140. The van der Waals surface area contributed by atoms with Crippen LogP contribution >= 0.6 is 0 Å². The van der Waals surface area contributed by atoms with Gasteiger partial charge in [0.2, 0.25) is 5.91 Å². The third-order valence-corrected chi connectivity index (χ3v) is 4.74. The van der Waals surface area contributed by atoms with Crippen LogP contribution in [0.25, 0.3) is 0 Å². The molecule has 0 radical (unpaired) electrons. The van der Waals surface area contributed by atoms with Gasteiger partial charge in [0, 0.05) is 38.3 Å². The molecule has 2 amide bonds. The number of amides is 2. The zero-order chi connectivity index (χ0) is 16.9. The Morgan fingerprint density at radius 3 is 2.71 bits per heavy atom. The molecular weight excluding hydrogens is 306 g/mol. The largest absolute Gasteiger partial charge is 0.378 e. The summed E-state index contributed by atoms with van der Waals surface area (Å²) in [7, 11) is 0. The van der Waals surface area contributed by atoms with E-state index in [1.54, 1.807) is 4.90 Å². The molecule has 0 unspecified atom stereocenters.